The molecule has 0 heterocycles. The number of rotatable bonds is 1. The molecule has 0 aromatic carbocycles. The average molecular weight is 69.9 g/mol. The summed E-state index contributed by atoms with van der Waals surface area (Å²) in [5, 5.41) is 5.11. The minimum absolute atomic E-state index is 1.64. The zero-order valence-electron chi connectivity index (χ0n) is 3.60. The van der Waals surface area contributed by atoms with Crippen LogP contribution in [0, 0.1) is 0 Å². The Hall–Kier alpha value is -0.335. The standard InChI is InChI=1S/C2H7BN2/c1-5(2)4-3/h3H,1-2H3. The molecule has 0 aliphatic heterocycles. The minimum atomic E-state index is 1.64. The Bertz CT molecular complexity index is 34.6. The van der Waals surface area contributed by atoms with Gasteiger partial charge in [-0.15, -0.1) is 0 Å². The summed E-state index contributed by atoms with van der Waals surface area (Å²) in [5.74, 6) is 0. The van der Waals surface area contributed by atoms with E-state index in [2.05, 4.69) is 12.6 Å². The first kappa shape index (κ1) is 4.66. The molecule has 0 aromatic rings. The molecule has 0 unspecified atom stereocenters. The molecule has 0 rings (SSSR count). The van der Waals surface area contributed by atoms with Gasteiger partial charge in [-0.3, -0.25) is 0 Å². The number of hydrogen-bond donors (Lipinski definition) is 0. The molecule has 0 radical (unpaired) electrons. The summed E-state index contributed by atoms with van der Waals surface area (Å²) >= 11 is 0. The van der Waals surface area contributed by atoms with Gasteiger partial charge in [-0.1, -0.05) is 0 Å². The van der Waals surface area contributed by atoms with Crippen LogP contribution in [0.5, 0.6) is 0 Å². The fraction of sp³-hybridized carbons (Fsp3) is 1.00. The molecule has 0 amide bonds. The maximum atomic E-state index is 3.47. The molecule has 28 valence electrons. The molecule has 0 fully saturated rings. The van der Waals surface area contributed by atoms with E-state index in [9.17, 15) is 0 Å². The van der Waals surface area contributed by atoms with E-state index in [-0.39, 0.29) is 0 Å². The van der Waals surface area contributed by atoms with Gasteiger partial charge < -0.3 is 0 Å². The predicted molar refractivity (Wildman–Crippen MR) is 23.3 cm³/mol. The SMILES string of the molecule is B=NN(C)C. The Morgan fingerprint density at radius 1 is 1.60 bits per heavy atom. The Kier molecular flexibility index (Phi) is 1.81. The van der Waals surface area contributed by atoms with Crippen molar-refractivity contribution in [2.24, 2.45) is 5.00 Å². The van der Waals surface area contributed by atoms with Gasteiger partial charge in [0.15, 0.2) is 0 Å². The van der Waals surface area contributed by atoms with Gasteiger partial charge in [0.2, 0.25) is 0 Å². The van der Waals surface area contributed by atoms with Gasteiger partial charge in [0.05, 0.1) is 0 Å². The topological polar surface area (TPSA) is 15.6 Å². The summed E-state index contributed by atoms with van der Waals surface area (Å²) in [5.41, 5.74) is 0. The van der Waals surface area contributed by atoms with Gasteiger partial charge in [-0.05, 0) is 0 Å². The van der Waals surface area contributed by atoms with Crippen LogP contribution in [0.4, 0.5) is 0 Å². The third kappa shape index (κ3) is 3.66. The zero-order chi connectivity index (χ0) is 4.28. The molecule has 5 heavy (non-hydrogen) atoms. The monoisotopic (exact) mass is 70.1 g/mol. The van der Waals surface area contributed by atoms with E-state index >= 15 is 0 Å². The normalized spacial score (nSPS) is 6.60. The van der Waals surface area contributed by atoms with Crippen LogP contribution in [0.1, 0.15) is 0 Å². The fourth-order valence-corrected chi connectivity index (χ4v) is 0. The number of hydrogen-bond acceptors (Lipinski definition) is 2. The van der Waals surface area contributed by atoms with Crippen LogP contribution in [0.15, 0.2) is 5.00 Å². The molecule has 0 bridgehead atoms. The van der Waals surface area contributed by atoms with E-state index in [4.69, 9.17) is 0 Å². The van der Waals surface area contributed by atoms with E-state index in [1.807, 2.05) is 14.1 Å². The van der Waals surface area contributed by atoms with E-state index in [1.165, 1.54) is 0 Å². The van der Waals surface area contributed by atoms with Crippen LogP contribution in [0.25, 0.3) is 0 Å². The van der Waals surface area contributed by atoms with Crippen LogP contribution in [-0.4, -0.2) is 26.7 Å². The molecule has 0 aliphatic carbocycles. The third-order valence-corrected chi connectivity index (χ3v) is 0.283. The molecule has 3 heteroatoms. The third-order valence-electron chi connectivity index (χ3n) is 0.283. The van der Waals surface area contributed by atoms with Crippen LogP contribution < -0.4 is 0 Å². The zero-order valence-corrected chi connectivity index (χ0v) is 3.60. The Morgan fingerprint density at radius 3 is 1.80 bits per heavy atom. The Morgan fingerprint density at radius 2 is 1.80 bits per heavy atom. The van der Waals surface area contributed by atoms with Gasteiger partial charge in [-0.2, -0.15) is 0 Å². The first-order chi connectivity index (χ1) is 2.27. The average Bonchev–Trinajstić information content (AvgIpc) is 1.38. The Labute approximate surface area is 32.9 Å². The predicted octanol–water partition coefficient (Wildman–Crippen LogP) is -0.453. The van der Waals surface area contributed by atoms with Crippen molar-refractivity contribution in [3.63, 3.8) is 0 Å². The van der Waals surface area contributed by atoms with E-state index < -0.39 is 0 Å². The summed E-state index contributed by atoms with van der Waals surface area (Å²) in [4.78, 5) is 0. The molecule has 0 aromatic heterocycles. The van der Waals surface area contributed by atoms with E-state index in [0.717, 1.165) is 0 Å². The van der Waals surface area contributed by atoms with E-state index in [0.29, 0.717) is 0 Å². The van der Waals surface area contributed by atoms with Gasteiger partial charge in [0.25, 0.3) is 0 Å². The van der Waals surface area contributed by atoms with Crippen molar-refractivity contribution < 1.29 is 0 Å². The summed E-state index contributed by atoms with van der Waals surface area (Å²) < 4.78 is 0. The molecule has 0 saturated carbocycles. The van der Waals surface area contributed by atoms with Crippen LogP contribution >= 0.6 is 0 Å². The van der Waals surface area contributed by atoms with Gasteiger partial charge in [-0.25, -0.2) is 0 Å². The van der Waals surface area contributed by atoms with Gasteiger partial charge >= 0.3 is 31.7 Å². The second kappa shape index (κ2) is 1.94. The summed E-state index contributed by atoms with van der Waals surface area (Å²) in [6.07, 6.45) is 0. The van der Waals surface area contributed by atoms with Crippen molar-refractivity contribution in [2.75, 3.05) is 14.1 Å². The molecule has 0 N–H and O–H groups in total. The van der Waals surface area contributed by atoms with Gasteiger partial charge in [0, 0.05) is 0 Å². The number of nitrogens with zero attached hydrogens (tertiary/aromatic N) is 2. The van der Waals surface area contributed by atoms with Crippen molar-refractivity contribution in [3.05, 3.63) is 0 Å². The quantitative estimate of drug-likeness (QED) is 0.301. The maximum absolute atomic E-state index is 3.47. The van der Waals surface area contributed by atoms with Crippen molar-refractivity contribution in [2.45, 2.75) is 0 Å². The molecular formula is C2H7BN2. The summed E-state index contributed by atoms with van der Waals surface area (Å²) in [6, 6.07) is 0. The first-order valence-corrected chi connectivity index (χ1v) is 1.41. The summed E-state index contributed by atoms with van der Waals surface area (Å²) in [6.45, 7) is 0. The first-order valence-electron chi connectivity index (χ1n) is 1.41. The van der Waals surface area contributed by atoms with Gasteiger partial charge in [0.1, 0.15) is 0 Å². The van der Waals surface area contributed by atoms with E-state index in [1.54, 1.807) is 5.01 Å². The Balaban J connectivity index is 2.83. The second-order valence-electron chi connectivity index (χ2n) is 0.989. The van der Waals surface area contributed by atoms with Crippen molar-refractivity contribution >= 4 is 7.64 Å². The van der Waals surface area contributed by atoms with Crippen molar-refractivity contribution in [3.8, 4) is 0 Å². The molecule has 0 saturated heterocycles. The van der Waals surface area contributed by atoms with Crippen molar-refractivity contribution in [1.29, 1.82) is 0 Å². The van der Waals surface area contributed by atoms with Crippen molar-refractivity contribution in [1.82, 2.24) is 5.01 Å². The molecular weight excluding hydrogens is 62.8 g/mol. The second-order valence-corrected chi connectivity index (χ2v) is 0.989. The fourth-order valence-electron chi connectivity index (χ4n) is 0. The van der Waals surface area contributed by atoms with Crippen LogP contribution in [0.3, 0.4) is 0 Å². The molecule has 0 aliphatic rings. The molecule has 0 spiro atoms. The van der Waals surface area contributed by atoms with Crippen LogP contribution in [0.2, 0.25) is 0 Å². The van der Waals surface area contributed by atoms with Crippen LogP contribution in [-0.2, 0) is 0 Å². The summed E-state index contributed by atoms with van der Waals surface area (Å²) in [7, 11) is 6.89. The molecule has 0 atom stereocenters. The molecule has 2 nitrogen and oxygen atoms in total.